The van der Waals surface area contributed by atoms with Gasteiger partial charge in [0.1, 0.15) is 11.3 Å². The van der Waals surface area contributed by atoms with Crippen molar-refractivity contribution in [3.63, 3.8) is 0 Å². The van der Waals surface area contributed by atoms with Crippen molar-refractivity contribution in [3.05, 3.63) is 24.3 Å². The van der Waals surface area contributed by atoms with E-state index in [1.165, 1.54) is 0 Å². The van der Waals surface area contributed by atoms with Crippen molar-refractivity contribution in [2.24, 2.45) is 11.1 Å². The molecule has 0 aliphatic heterocycles. The van der Waals surface area contributed by atoms with E-state index in [-0.39, 0.29) is 11.3 Å². The second-order valence-corrected chi connectivity index (χ2v) is 5.86. The molecule has 0 heterocycles. The Morgan fingerprint density at radius 3 is 2.63 bits per heavy atom. The van der Waals surface area contributed by atoms with Crippen LogP contribution in [0.1, 0.15) is 33.1 Å². The number of hydrogen-bond acceptors (Lipinski definition) is 3. The molecule has 1 atom stereocenters. The van der Waals surface area contributed by atoms with Gasteiger partial charge in [-0.2, -0.15) is 0 Å². The third-order valence-corrected chi connectivity index (χ3v) is 4.36. The highest BCUT2D eigenvalue weighted by atomic mass is 16.5. The van der Waals surface area contributed by atoms with Crippen LogP contribution in [0.4, 0.5) is 5.69 Å². The maximum absolute atomic E-state index is 12.0. The number of nitrogens with one attached hydrogen (secondary N) is 1. The predicted molar refractivity (Wildman–Crippen MR) is 76.2 cm³/mol. The van der Waals surface area contributed by atoms with E-state index in [0.29, 0.717) is 0 Å². The van der Waals surface area contributed by atoms with Crippen LogP contribution in [-0.2, 0) is 4.79 Å². The van der Waals surface area contributed by atoms with E-state index >= 15 is 0 Å². The number of hydrogen-bond donors (Lipinski definition) is 2. The average Bonchev–Trinajstić information content (AvgIpc) is 2.66. The summed E-state index contributed by atoms with van der Waals surface area (Å²) in [6.45, 7) is 4.19. The molecule has 0 aromatic heterocycles. The highest BCUT2D eigenvalue weighted by Gasteiger charge is 2.53. The zero-order valence-electron chi connectivity index (χ0n) is 11.8. The van der Waals surface area contributed by atoms with Gasteiger partial charge in [-0.1, -0.05) is 19.9 Å². The van der Waals surface area contributed by atoms with Gasteiger partial charge in [0.2, 0.25) is 5.91 Å². The molecule has 0 bridgehead atoms. The molecule has 4 nitrogen and oxygen atoms in total. The zero-order valence-corrected chi connectivity index (χ0v) is 11.8. The molecule has 4 heteroatoms. The van der Waals surface area contributed by atoms with Crippen molar-refractivity contribution in [1.82, 2.24) is 0 Å². The monoisotopic (exact) mass is 262 g/mol. The minimum Gasteiger partial charge on any atom is -0.497 e. The molecule has 19 heavy (non-hydrogen) atoms. The summed E-state index contributed by atoms with van der Waals surface area (Å²) in [5, 5.41) is 3.36. The fourth-order valence-electron chi connectivity index (χ4n) is 3.04. The standard InChI is InChI=1S/C15H22N2O2/c1-14(2)8-5-9-15(14,13(16)18)17-11-6-4-7-12(10-11)19-3/h4,6-7,10,17H,5,8-9H2,1-3H3,(H2,16,18). The molecule has 3 N–H and O–H groups in total. The quantitative estimate of drug-likeness (QED) is 0.876. The topological polar surface area (TPSA) is 64.3 Å². The highest BCUT2D eigenvalue weighted by molar-refractivity contribution is 5.89. The fraction of sp³-hybridized carbons (Fsp3) is 0.533. The summed E-state index contributed by atoms with van der Waals surface area (Å²) >= 11 is 0. The van der Waals surface area contributed by atoms with Gasteiger partial charge in [-0.3, -0.25) is 4.79 Å². The van der Waals surface area contributed by atoms with Crippen molar-refractivity contribution < 1.29 is 9.53 Å². The first kappa shape index (κ1) is 13.7. The van der Waals surface area contributed by atoms with E-state index in [9.17, 15) is 4.79 Å². The number of nitrogens with two attached hydrogens (primary N) is 1. The summed E-state index contributed by atoms with van der Waals surface area (Å²) in [5.41, 5.74) is 5.73. The minimum atomic E-state index is -0.681. The third-order valence-electron chi connectivity index (χ3n) is 4.36. The number of primary amides is 1. The van der Waals surface area contributed by atoms with Gasteiger partial charge in [0.25, 0.3) is 0 Å². The van der Waals surface area contributed by atoms with Crippen LogP contribution in [0.25, 0.3) is 0 Å². The lowest BCUT2D eigenvalue weighted by Crippen LogP contribution is -2.57. The van der Waals surface area contributed by atoms with Gasteiger partial charge >= 0.3 is 0 Å². The summed E-state index contributed by atoms with van der Waals surface area (Å²) in [4.78, 5) is 12.0. The van der Waals surface area contributed by atoms with Crippen LogP contribution in [0.2, 0.25) is 0 Å². The van der Waals surface area contributed by atoms with E-state index in [2.05, 4.69) is 19.2 Å². The molecular formula is C15H22N2O2. The van der Waals surface area contributed by atoms with Crippen LogP contribution >= 0.6 is 0 Å². The normalized spacial score (nSPS) is 25.0. The average molecular weight is 262 g/mol. The van der Waals surface area contributed by atoms with E-state index in [1.807, 2.05) is 24.3 Å². The molecular weight excluding hydrogens is 240 g/mol. The number of carbonyl (C=O) groups is 1. The predicted octanol–water partition coefficient (Wildman–Crippen LogP) is 2.54. The first-order valence-electron chi connectivity index (χ1n) is 6.63. The lowest BCUT2D eigenvalue weighted by Gasteiger charge is -2.40. The SMILES string of the molecule is COc1cccc(NC2(C(N)=O)CCCC2(C)C)c1. The first-order chi connectivity index (χ1) is 8.91. The smallest absolute Gasteiger partial charge is 0.243 e. The molecule has 2 rings (SSSR count). The molecule has 1 unspecified atom stereocenters. The molecule has 1 aromatic rings. The van der Waals surface area contributed by atoms with Crippen molar-refractivity contribution in [2.45, 2.75) is 38.6 Å². The van der Waals surface area contributed by atoms with Crippen molar-refractivity contribution in [2.75, 3.05) is 12.4 Å². The molecule has 0 radical (unpaired) electrons. The summed E-state index contributed by atoms with van der Waals surface area (Å²) in [5.74, 6) is 0.484. The van der Waals surface area contributed by atoms with E-state index < -0.39 is 5.54 Å². The van der Waals surface area contributed by atoms with Gasteiger partial charge in [-0.15, -0.1) is 0 Å². The first-order valence-corrected chi connectivity index (χ1v) is 6.63. The summed E-state index contributed by atoms with van der Waals surface area (Å²) in [7, 11) is 1.63. The van der Waals surface area contributed by atoms with Gasteiger partial charge in [-0.25, -0.2) is 0 Å². The Morgan fingerprint density at radius 1 is 1.37 bits per heavy atom. The maximum atomic E-state index is 12.0. The number of amides is 1. The van der Waals surface area contributed by atoms with Crippen LogP contribution in [0.3, 0.4) is 0 Å². The van der Waals surface area contributed by atoms with Gasteiger partial charge in [-0.05, 0) is 36.8 Å². The largest absolute Gasteiger partial charge is 0.497 e. The molecule has 1 aromatic carbocycles. The van der Waals surface area contributed by atoms with Gasteiger partial charge < -0.3 is 15.8 Å². The Balaban J connectivity index is 2.34. The Labute approximate surface area is 114 Å². The Bertz CT molecular complexity index is 485. The zero-order chi connectivity index (χ0) is 14.1. The number of methoxy groups -OCH3 is 1. The van der Waals surface area contributed by atoms with Crippen LogP contribution in [0.15, 0.2) is 24.3 Å². The lowest BCUT2D eigenvalue weighted by atomic mass is 9.74. The number of benzene rings is 1. The van der Waals surface area contributed by atoms with E-state index in [4.69, 9.17) is 10.5 Å². The number of anilines is 1. The van der Waals surface area contributed by atoms with Crippen molar-refractivity contribution >= 4 is 11.6 Å². The Kier molecular flexibility index (Phi) is 3.43. The summed E-state index contributed by atoms with van der Waals surface area (Å²) < 4.78 is 5.21. The van der Waals surface area contributed by atoms with E-state index in [0.717, 1.165) is 30.7 Å². The summed E-state index contributed by atoms with van der Waals surface area (Å²) in [6, 6.07) is 7.60. The molecule has 1 fully saturated rings. The molecule has 0 spiro atoms. The minimum absolute atomic E-state index is 0.151. The fourth-order valence-corrected chi connectivity index (χ4v) is 3.04. The molecule has 1 amide bonds. The van der Waals surface area contributed by atoms with Crippen LogP contribution in [0.5, 0.6) is 5.75 Å². The molecule has 104 valence electrons. The molecule has 1 saturated carbocycles. The molecule has 0 saturated heterocycles. The van der Waals surface area contributed by atoms with Crippen molar-refractivity contribution in [1.29, 1.82) is 0 Å². The number of ether oxygens (including phenoxy) is 1. The van der Waals surface area contributed by atoms with E-state index in [1.54, 1.807) is 7.11 Å². The van der Waals surface area contributed by atoms with Gasteiger partial charge in [0, 0.05) is 11.8 Å². The second-order valence-electron chi connectivity index (χ2n) is 5.86. The highest BCUT2D eigenvalue weighted by Crippen LogP contribution is 2.47. The number of rotatable bonds is 4. The van der Waals surface area contributed by atoms with Gasteiger partial charge in [0.15, 0.2) is 0 Å². The van der Waals surface area contributed by atoms with Gasteiger partial charge in [0.05, 0.1) is 7.11 Å². The van der Waals surface area contributed by atoms with Crippen LogP contribution in [-0.4, -0.2) is 18.6 Å². The van der Waals surface area contributed by atoms with Crippen LogP contribution in [0, 0.1) is 5.41 Å². The Morgan fingerprint density at radius 2 is 2.11 bits per heavy atom. The molecule has 1 aliphatic carbocycles. The third kappa shape index (κ3) is 2.27. The number of carbonyl (C=O) groups excluding carboxylic acids is 1. The molecule has 1 aliphatic rings. The lowest BCUT2D eigenvalue weighted by molar-refractivity contribution is -0.125. The maximum Gasteiger partial charge on any atom is 0.243 e. The van der Waals surface area contributed by atoms with Crippen molar-refractivity contribution in [3.8, 4) is 5.75 Å². The van der Waals surface area contributed by atoms with Crippen LogP contribution < -0.4 is 15.8 Å². The summed E-state index contributed by atoms with van der Waals surface area (Å²) in [6.07, 6.45) is 2.77. The Hall–Kier alpha value is -1.71. The second kappa shape index (κ2) is 4.76.